The molecule has 3 nitrogen and oxygen atoms in total. The summed E-state index contributed by atoms with van der Waals surface area (Å²) in [5, 5.41) is 11.0. The van der Waals surface area contributed by atoms with Gasteiger partial charge in [-0.15, -0.1) is 0 Å². The van der Waals surface area contributed by atoms with Crippen molar-refractivity contribution in [3.63, 3.8) is 0 Å². The zero-order chi connectivity index (χ0) is 30.1. The van der Waals surface area contributed by atoms with E-state index in [-0.39, 0.29) is 28.3 Å². The van der Waals surface area contributed by atoms with E-state index in [1.54, 1.807) is 6.08 Å². The molecular formula is C39H56O3. The Morgan fingerprint density at radius 3 is 2.36 bits per heavy atom. The molecule has 1 N–H and O–H groups in total. The molecule has 230 valence electrons. The number of allylic oxidation sites excluding steroid dienone is 1. The standard InChI is InChI=1S/C39H56O3/c1-26(2)28-17-22-39(25-42-33(41)16-13-27-11-9-8-10-12-27)24-23-37(6)29(34(28)39)14-15-31-36(5)20-19-32(40)35(3,4)30(36)18-21-38(31,37)7/h8-13,16,28-32,34,40H,1,14-15,17-25H2,2-7H3/b16-13+/t28-,29?,30?,31?,32?,34?,36?,37+,38+,39?/m0/s1. The largest absolute Gasteiger partial charge is 0.462 e. The minimum absolute atomic E-state index is 0.0108. The van der Waals surface area contributed by atoms with Crippen molar-refractivity contribution in [2.24, 2.45) is 56.7 Å². The Hall–Kier alpha value is -1.87. The monoisotopic (exact) mass is 572 g/mol. The molecule has 3 heteroatoms. The molecule has 0 radical (unpaired) electrons. The highest BCUT2D eigenvalue weighted by Gasteiger charge is 2.70. The maximum absolute atomic E-state index is 12.9. The van der Waals surface area contributed by atoms with E-state index in [4.69, 9.17) is 4.74 Å². The molecule has 5 aliphatic carbocycles. The maximum atomic E-state index is 12.9. The average Bonchev–Trinajstić information content (AvgIpc) is 3.34. The molecule has 0 heterocycles. The fraction of sp³-hybridized carbons (Fsp3) is 0.718. The Bertz CT molecular complexity index is 1230. The number of carbonyl (C=O) groups excluding carboxylic acids is 1. The van der Waals surface area contributed by atoms with Crippen LogP contribution in [0.4, 0.5) is 0 Å². The van der Waals surface area contributed by atoms with Gasteiger partial charge in [-0.1, -0.05) is 77.1 Å². The highest BCUT2D eigenvalue weighted by Crippen LogP contribution is 2.77. The number of aliphatic hydroxyl groups is 1. The SMILES string of the molecule is C=C(C)[C@@H]1CCC2(COC(=O)/C=C/c3ccccc3)CC[C@]3(C)C(CCC4C5(C)CCC(O)C(C)(C)C5CC[C@]43C)C12. The number of fused-ring (bicyclic) bond motifs is 7. The highest BCUT2D eigenvalue weighted by atomic mass is 16.5. The van der Waals surface area contributed by atoms with Crippen molar-refractivity contribution in [1.29, 1.82) is 0 Å². The lowest BCUT2D eigenvalue weighted by atomic mass is 9.32. The van der Waals surface area contributed by atoms with Crippen molar-refractivity contribution in [2.45, 2.75) is 112 Å². The molecule has 0 aliphatic heterocycles. The molecule has 5 fully saturated rings. The van der Waals surface area contributed by atoms with E-state index in [2.05, 4.69) is 48.1 Å². The molecule has 0 amide bonds. The highest BCUT2D eigenvalue weighted by molar-refractivity contribution is 5.87. The van der Waals surface area contributed by atoms with Crippen LogP contribution in [-0.2, 0) is 9.53 Å². The van der Waals surface area contributed by atoms with Gasteiger partial charge in [0.1, 0.15) is 0 Å². The van der Waals surface area contributed by atoms with Gasteiger partial charge in [0, 0.05) is 11.5 Å². The van der Waals surface area contributed by atoms with Gasteiger partial charge in [0.2, 0.25) is 0 Å². The topological polar surface area (TPSA) is 46.5 Å². The van der Waals surface area contributed by atoms with Crippen molar-refractivity contribution in [2.75, 3.05) is 6.61 Å². The van der Waals surface area contributed by atoms with Gasteiger partial charge in [-0.05, 0) is 134 Å². The minimum Gasteiger partial charge on any atom is -0.462 e. The Morgan fingerprint density at radius 1 is 0.905 bits per heavy atom. The number of benzene rings is 1. The third-order valence-corrected chi connectivity index (χ3v) is 14.9. The van der Waals surface area contributed by atoms with Crippen LogP contribution in [0, 0.1) is 56.7 Å². The van der Waals surface area contributed by atoms with Gasteiger partial charge >= 0.3 is 5.97 Å². The number of hydrogen-bond donors (Lipinski definition) is 1. The van der Waals surface area contributed by atoms with E-state index < -0.39 is 0 Å². The fourth-order valence-corrected chi connectivity index (χ4v) is 12.5. The Morgan fingerprint density at radius 2 is 1.64 bits per heavy atom. The quantitative estimate of drug-likeness (QED) is 0.217. The summed E-state index contributed by atoms with van der Waals surface area (Å²) >= 11 is 0. The summed E-state index contributed by atoms with van der Waals surface area (Å²) in [6.07, 6.45) is 15.2. The van der Waals surface area contributed by atoms with Gasteiger partial charge in [-0.3, -0.25) is 0 Å². The first-order valence-corrected chi connectivity index (χ1v) is 17.0. The van der Waals surface area contributed by atoms with Gasteiger partial charge in [0.05, 0.1) is 12.7 Å². The molecule has 7 unspecified atom stereocenters. The normalized spacial score (nSPS) is 45.8. The molecule has 0 bridgehead atoms. The van der Waals surface area contributed by atoms with Gasteiger partial charge in [0.25, 0.3) is 0 Å². The first kappa shape index (κ1) is 30.2. The lowest BCUT2D eigenvalue weighted by Crippen LogP contribution is -2.66. The van der Waals surface area contributed by atoms with Gasteiger partial charge in [0.15, 0.2) is 0 Å². The van der Waals surface area contributed by atoms with Gasteiger partial charge in [-0.2, -0.15) is 0 Å². The predicted molar refractivity (Wildman–Crippen MR) is 171 cm³/mol. The first-order chi connectivity index (χ1) is 19.8. The second kappa shape index (κ2) is 10.4. The molecule has 1 aromatic rings. The van der Waals surface area contributed by atoms with Crippen molar-refractivity contribution in [3.8, 4) is 0 Å². The van der Waals surface area contributed by atoms with Crippen LogP contribution >= 0.6 is 0 Å². The Labute approximate surface area is 255 Å². The molecule has 42 heavy (non-hydrogen) atoms. The molecule has 6 rings (SSSR count). The smallest absolute Gasteiger partial charge is 0.330 e. The van der Waals surface area contributed by atoms with Crippen molar-refractivity contribution < 1.29 is 14.6 Å². The van der Waals surface area contributed by atoms with E-state index in [0.29, 0.717) is 47.0 Å². The summed E-state index contributed by atoms with van der Waals surface area (Å²) < 4.78 is 6.12. The van der Waals surface area contributed by atoms with Crippen LogP contribution in [0.5, 0.6) is 0 Å². The average molecular weight is 573 g/mol. The van der Waals surface area contributed by atoms with Crippen LogP contribution in [0.2, 0.25) is 0 Å². The Kier molecular flexibility index (Phi) is 7.44. The lowest BCUT2D eigenvalue weighted by Gasteiger charge is -2.73. The third kappa shape index (κ3) is 4.33. The van der Waals surface area contributed by atoms with E-state index >= 15 is 0 Å². The van der Waals surface area contributed by atoms with Crippen molar-refractivity contribution >= 4 is 12.0 Å². The molecule has 1 aromatic carbocycles. The predicted octanol–water partition coefficient (Wildman–Crippen LogP) is 9.26. The van der Waals surface area contributed by atoms with E-state index in [1.807, 2.05) is 36.4 Å². The molecule has 0 spiro atoms. The summed E-state index contributed by atoms with van der Waals surface area (Å²) in [5.74, 6) is 2.76. The fourth-order valence-electron chi connectivity index (χ4n) is 12.5. The molecular weight excluding hydrogens is 516 g/mol. The zero-order valence-electron chi connectivity index (χ0n) is 27.3. The second-order valence-electron chi connectivity index (χ2n) is 16.8. The second-order valence-corrected chi connectivity index (χ2v) is 16.8. The van der Waals surface area contributed by atoms with Gasteiger partial charge < -0.3 is 9.84 Å². The summed E-state index contributed by atoms with van der Waals surface area (Å²) in [6.45, 7) is 20.0. The van der Waals surface area contributed by atoms with Crippen molar-refractivity contribution in [1.82, 2.24) is 0 Å². The molecule has 5 aliphatic rings. The number of aliphatic hydroxyl groups excluding tert-OH is 1. The van der Waals surface area contributed by atoms with E-state index in [0.717, 1.165) is 31.2 Å². The summed E-state index contributed by atoms with van der Waals surface area (Å²) in [7, 11) is 0. The van der Waals surface area contributed by atoms with Crippen LogP contribution < -0.4 is 0 Å². The van der Waals surface area contributed by atoms with Crippen LogP contribution in [0.3, 0.4) is 0 Å². The van der Waals surface area contributed by atoms with E-state index in [9.17, 15) is 9.90 Å². The van der Waals surface area contributed by atoms with Crippen LogP contribution in [0.15, 0.2) is 48.6 Å². The minimum atomic E-state index is -0.219. The van der Waals surface area contributed by atoms with Crippen molar-refractivity contribution in [3.05, 3.63) is 54.1 Å². The number of esters is 1. The summed E-state index contributed by atoms with van der Waals surface area (Å²) in [6, 6.07) is 9.99. The number of hydrogen-bond acceptors (Lipinski definition) is 3. The summed E-state index contributed by atoms with van der Waals surface area (Å²) in [5.41, 5.74) is 3.26. The van der Waals surface area contributed by atoms with Crippen LogP contribution in [-0.4, -0.2) is 23.8 Å². The van der Waals surface area contributed by atoms with Crippen LogP contribution in [0.25, 0.3) is 6.08 Å². The van der Waals surface area contributed by atoms with Gasteiger partial charge in [-0.25, -0.2) is 4.79 Å². The lowest BCUT2D eigenvalue weighted by molar-refractivity contribution is -0.249. The molecule has 5 saturated carbocycles. The number of carbonyl (C=O) groups is 1. The first-order valence-electron chi connectivity index (χ1n) is 17.0. The third-order valence-electron chi connectivity index (χ3n) is 14.9. The summed E-state index contributed by atoms with van der Waals surface area (Å²) in [4.78, 5) is 12.9. The molecule has 0 saturated heterocycles. The Balaban J connectivity index is 1.27. The number of ether oxygens (including phenoxy) is 1. The maximum Gasteiger partial charge on any atom is 0.330 e. The van der Waals surface area contributed by atoms with E-state index in [1.165, 1.54) is 44.1 Å². The van der Waals surface area contributed by atoms with Crippen LogP contribution in [0.1, 0.15) is 111 Å². The number of rotatable bonds is 5. The molecule has 10 atom stereocenters. The zero-order valence-corrected chi connectivity index (χ0v) is 27.3. The molecule has 0 aromatic heterocycles.